The van der Waals surface area contributed by atoms with Crippen molar-refractivity contribution in [1.29, 1.82) is 0 Å². The summed E-state index contributed by atoms with van der Waals surface area (Å²) < 4.78 is 15.4. The van der Waals surface area contributed by atoms with Crippen LogP contribution in [-0.2, 0) is 6.54 Å². The molecule has 0 bridgehead atoms. The molecule has 1 aliphatic heterocycles. The first kappa shape index (κ1) is 12.7. The molecule has 3 rings (SSSR count). The van der Waals surface area contributed by atoms with Crippen LogP contribution in [0.25, 0.3) is 11.0 Å². The molecule has 1 aromatic carbocycles. The van der Waals surface area contributed by atoms with E-state index in [0.29, 0.717) is 17.5 Å². The molecule has 1 atom stereocenters. The van der Waals surface area contributed by atoms with Gasteiger partial charge in [0.05, 0.1) is 16.1 Å². The number of nitrogens with zero attached hydrogens (tertiary/aromatic N) is 3. The summed E-state index contributed by atoms with van der Waals surface area (Å²) in [6.45, 7) is 1.87. The van der Waals surface area contributed by atoms with E-state index in [4.69, 9.17) is 17.3 Å². The number of nitrogen functional groups attached to an aromatic ring is 1. The molecule has 0 saturated carbocycles. The van der Waals surface area contributed by atoms with E-state index in [1.807, 2.05) is 4.57 Å². The second-order valence-corrected chi connectivity index (χ2v) is 5.52. The summed E-state index contributed by atoms with van der Waals surface area (Å²) >= 11 is 5.85. The molecule has 4 nitrogen and oxygen atoms in total. The van der Waals surface area contributed by atoms with Gasteiger partial charge in [-0.1, -0.05) is 11.6 Å². The highest BCUT2D eigenvalue weighted by Gasteiger charge is 2.23. The minimum Gasteiger partial charge on any atom is -0.369 e. The number of hydrogen-bond donors (Lipinski definition) is 1. The molecule has 6 heteroatoms. The summed E-state index contributed by atoms with van der Waals surface area (Å²) in [5.41, 5.74) is 7.30. The Morgan fingerprint density at radius 1 is 1.53 bits per heavy atom. The largest absolute Gasteiger partial charge is 0.369 e. The van der Waals surface area contributed by atoms with Gasteiger partial charge in [0.2, 0.25) is 5.95 Å². The second-order valence-electron chi connectivity index (χ2n) is 5.11. The minimum atomic E-state index is -0.461. The minimum absolute atomic E-state index is 0.105. The molecule has 1 aliphatic rings. The second kappa shape index (κ2) is 4.65. The molecule has 1 aromatic heterocycles. The van der Waals surface area contributed by atoms with Gasteiger partial charge in [0.15, 0.2) is 0 Å². The molecule has 102 valence electrons. The third-order valence-corrected chi connectivity index (χ3v) is 4.17. The van der Waals surface area contributed by atoms with Crippen molar-refractivity contribution in [2.75, 3.05) is 19.3 Å². The van der Waals surface area contributed by atoms with E-state index in [2.05, 4.69) is 16.9 Å². The van der Waals surface area contributed by atoms with E-state index < -0.39 is 5.82 Å². The molecule has 1 fully saturated rings. The smallest absolute Gasteiger partial charge is 0.201 e. The number of rotatable bonds is 2. The topological polar surface area (TPSA) is 47.1 Å². The maximum Gasteiger partial charge on any atom is 0.201 e. The Kier molecular flexibility index (Phi) is 3.11. The fourth-order valence-electron chi connectivity index (χ4n) is 2.75. The molecule has 0 aliphatic carbocycles. The molecule has 0 radical (unpaired) electrons. The van der Waals surface area contributed by atoms with Gasteiger partial charge in [-0.15, -0.1) is 0 Å². The zero-order chi connectivity index (χ0) is 13.6. The lowest BCUT2D eigenvalue weighted by molar-refractivity contribution is 0.285. The summed E-state index contributed by atoms with van der Waals surface area (Å²) in [6.07, 6.45) is 2.34. The number of benzene rings is 1. The van der Waals surface area contributed by atoms with Gasteiger partial charge in [-0.3, -0.25) is 0 Å². The summed E-state index contributed by atoms with van der Waals surface area (Å²) in [6, 6.07) is 3.39. The lowest BCUT2D eigenvalue weighted by Crippen LogP contribution is -2.29. The number of imidazole rings is 1. The van der Waals surface area contributed by atoms with Crippen LogP contribution < -0.4 is 5.73 Å². The van der Waals surface area contributed by atoms with Crippen LogP contribution in [0.3, 0.4) is 0 Å². The maximum absolute atomic E-state index is 13.4. The molecular weight excluding hydrogens is 267 g/mol. The van der Waals surface area contributed by atoms with Crippen LogP contribution in [0.4, 0.5) is 10.3 Å². The van der Waals surface area contributed by atoms with Crippen molar-refractivity contribution in [3.8, 4) is 0 Å². The molecule has 1 unspecified atom stereocenters. The summed E-state index contributed by atoms with van der Waals surface area (Å²) in [5.74, 6) is -0.0474. The average molecular weight is 283 g/mol. The quantitative estimate of drug-likeness (QED) is 0.921. The number of anilines is 1. The Balaban J connectivity index is 2.02. The molecule has 19 heavy (non-hydrogen) atoms. The third-order valence-electron chi connectivity index (χ3n) is 3.88. The highest BCUT2D eigenvalue weighted by atomic mass is 35.5. The van der Waals surface area contributed by atoms with Gasteiger partial charge in [0.25, 0.3) is 0 Å². The van der Waals surface area contributed by atoms with E-state index in [0.717, 1.165) is 25.0 Å². The Bertz CT molecular complexity index is 625. The van der Waals surface area contributed by atoms with Crippen molar-refractivity contribution in [1.82, 2.24) is 14.5 Å². The van der Waals surface area contributed by atoms with Crippen molar-refractivity contribution < 1.29 is 4.39 Å². The molecule has 0 amide bonds. The zero-order valence-corrected chi connectivity index (χ0v) is 11.5. The molecule has 2 N–H and O–H groups in total. The number of halogens is 2. The molecule has 1 saturated heterocycles. The first-order valence-electron chi connectivity index (χ1n) is 6.37. The van der Waals surface area contributed by atoms with Crippen molar-refractivity contribution in [2.45, 2.75) is 25.4 Å². The molecule has 2 aromatic rings. The predicted molar refractivity (Wildman–Crippen MR) is 74.8 cm³/mol. The summed E-state index contributed by atoms with van der Waals surface area (Å²) in [5, 5.41) is 0.105. The summed E-state index contributed by atoms with van der Waals surface area (Å²) in [7, 11) is 2.11. The SMILES string of the molecule is CN1CCCC1Cn1c(N)nc2cc(F)c(Cl)cc21. The van der Waals surface area contributed by atoms with Gasteiger partial charge in [-0.2, -0.15) is 0 Å². The van der Waals surface area contributed by atoms with E-state index in [9.17, 15) is 4.39 Å². The fourth-order valence-corrected chi connectivity index (χ4v) is 2.91. The zero-order valence-electron chi connectivity index (χ0n) is 10.7. The van der Waals surface area contributed by atoms with Gasteiger partial charge in [-0.05, 0) is 32.5 Å². The van der Waals surface area contributed by atoms with Crippen LogP contribution in [0.15, 0.2) is 12.1 Å². The van der Waals surface area contributed by atoms with E-state index in [-0.39, 0.29) is 5.02 Å². The van der Waals surface area contributed by atoms with Gasteiger partial charge >= 0.3 is 0 Å². The molecular formula is C13H16ClFN4. The Hall–Kier alpha value is -1.33. The van der Waals surface area contributed by atoms with Gasteiger partial charge < -0.3 is 15.2 Å². The summed E-state index contributed by atoms with van der Waals surface area (Å²) in [4.78, 5) is 6.52. The fraction of sp³-hybridized carbons (Fsp3) is 0.462. The third kappa shape index (κ3) is 2.17. The van der Waals surface area contributed by atoms with E-state index in [1.54, 1.807) is 6.07 Å². The number of fused-ring (bicyclic) bond motifs is 1. The monoisotopic (exact) mass is 282 g/mol. The highest BCUT2D eigenvalue weighted by Crippen LogP contribution is 2.26. The predicted octanol–water partition coefficient (Wildman–Crippen LogP) is 2.51. The molecule has 2 heterocycles. The number of hydrogen-bond acceptors (Lipinski definition) is 3. The van der Waals surface area contributed by atoms with Crippen molar-refractivity contribution in [3.05, 3.63) is 23.0 Å². The van der Waals surface area contributed by atoms with Crippen LogP contribution >= 0.6 is 11.6 Å². The average Bonchev–Trinajstić information content (AvgIpc) is 2.88. The number of nitrogens with two attached hydrogens (primary N) is 1. The lowest BCUT2D eigenvalue weighted by Gasteiger charge is -2.20. The lowest BCUT2D eigenvalue weighted by atomic mass is 10.2. The van der Waals surface area contributed by atoms with Crippen LogP contribution in [0.2, 0.25) is 5.02 Å². The Morgan fingerprint density at radius 3 is 3.00 bits per heavy atom. The van der Waals surface area contributed by atoms with Gasteiger partial charge in [0, 0.05) is 18.7 Å². The van der Waals surface area contributed by atoms with Gasteiger partial charge in [0.1, 0.15) is 5.82 Å². The normalized spacial score (nSPS) is 20.5. The van der Waals surface area contributed by atoms with E-state index in [1.165, 1.54) is 12.5 Å². The molecule has 0 spiro atoms. The van der Waals surface area contributed by atoms with Crippen molar-refractivity contribution in [3.63, 3.8) is 0 Å². The Labute approximate surface area is 116 Å². The number of likely N-dealkylation sites (tertiary alicyclic amines) is 1. The Morgan fingerprint density at radius 2 is 2.32 bits per heavy atom. The first-order valence-corrected chi connectivity index (χ1v) is 6.75. The van der Waals surface area contributed by atoms with Crippen molar-refractivity contribution >= 4 is 28.6 Å². The van der Waals surface area contributed by atoms with Crippen LogP contribution in [0.1, 0.15) is 12.8 Å². The van der Waals surface area contributed by atoms with E-state index >= 15 is 0 Å². The van der Waals surface area contributed by atoms with Gasteiger partial charge in [-0.25, -0.2) is 9.37 Å². The van der Waals surface area contributed by atoms with Crippen molar-refractivity contribution in [2.24, 2.45) is 0 Å². The first-order chi connectivity index (χ1) is 9.06. The number of aromatic nitrogens is 2. The number of likely N-dealkylation sites (N-methyl/N-ethyl adjacent to an activating group) is 1. The maximum atomic E-state index is 13.4. The van der Waals surface area contributed by atoms with Crippen LogP contribution in [0, 0.1) is 5.82 Å². The standard InChI is InChI=1S/C13H16ClFN4/c1-18-4-2-3-8(18)7-19-12-5-9(14)10(15)6-11(12)17-13(19)16/h5-6,8H,2-4,7H2,1H3,(H2,16,17). The highest BCUT2D eigenvalue weighted by molar-refractivity contribution is 6.31. The van der Waals surface area contributed by atoms with Crippen LogP contribution in [-0.4, -0.2) is 34.1 Å². The van der Waals surface area contributed by atoms with Crippen LogP contribution in [0.5, 0.6) is 0 Å².